The molecule has 0 atom stereocenters. The van der Waals surface area contributed by atoms with Crippen LogP contribution in [0.15, 0.2) is 36.7 Å². The van der Waals surface area contributed by atoms with Gasteiger partial charge in [-0.1, -0.05) is 12.1 Å². The van der Waals surface area contributed by atoms with Gasteiger partial charge in [-0.3, -0.25) is 4.79 Å². The monoisotopic (exact) mass is 301 g/mol. The maximum absolute atomic E-state index is 13.0. The van der Waals surface area contributed by atoms with Crippen LogP contribution in [-0.2, 0) is 10.2 Å². The fraction of sp³-hybridized carbons (Fsp3) is 0.312. The van der Waals surface area contributed by atoms with E-state index in [0.717, 1.165) is 18.4 Å². The number of ether oxygens (including phenoxy) is 1. The van der Waals surface area contributed by atoms with Crippen molar-refractivity contribution in [3.05, 3.63) is 48.0 Å². The number of nitrogens with zero attached hydrogens (tertiary/aromatic N) is 2. The van der Waals surface area contributed by atoms with Gasteiger partial charge in [-0.2, -0.15) is 0 Å². The number of hydrogen-bond acceptors (Lipinski definition) is 4. The fourth-order valence-electron chi connectivity index (χ4n) is 2.38. The van der Waals surface area contributed by atoms with Gasteiger partial charge in [0.25, 0.3) is 0 Å². The second-order valence-corrected chi connectivity index (χ2v) is 5.23. The van der Waals surface area contributed by atoms with Crippen molar-refractivity contribution in [2.75, 3.05) is 11.9 Å². The molecule has 6 heteroatoms. The number of benzene rings is 1. The molecule has 1 aromatic heterocycles. The molecular weight excluding hydrogens is 285 g/mol. The molecule has 0 aliphatic heterocycles. The van der Waals surface area contributed by atoms with Gasteiger partial charge in [-0.05, 0) is 37.5 Å². The first kappa shape index (κ1) is 14.4. The van der Waals surface area contributed by atoms with E-state index in [1.165, 1.54) is 24.5 Å². The molecule has 0 saturated heterocycles. The lowest BCUT2D eigenvalue weighted by Gasteiger charge is -2.15. The lowest BCUT2D eigenvalue weighted by Crippen LogP contribution is -2.27. The number of amides is 1. The zero-order chi connectivity index (χ0) is 15.6. The molecule has 0 spiro atoms. The topological polar surface area (TPSA) is 64.1 Å². The molecule has 22 heavy (non-hydrogen) atoms. The highest BCUT2D eigenvalue weighted by molar-refractivity contribution is 6.01. The molecule has 1 fully saturated rings. The van der Waals surface area contributed by atoms with Crippen LogP contribution in [0, 0.1) is 5.82 Å². The van der Waals surface area contributed by atoms with Crippen molar-refractivity contribution in [2.45, 2.75) is 25.2 Å². The standard InChI is InChI=1S/C16H16FN3O2/c1-2-22-15-18-9-13(10-19-15)20-14(21)16(7-8-16)11-3-5-12(17)6-4-11/h3-6,9-10H,2,7-8H2,1H3,(H,20,21). The number of aromatic nitrogens is 2. The Morgan fingerprint density at radius 3 is 2.45 bits per heavy atom. The highest BCUT2D eigenvalue weighted by Gasteiger charge is 2.51. The first-order valence-electron chi connectivity index (χ1n) is 7.16. The first-order chi connectivity index (χ1) is 10.6. The highest BCUT2D eigenvalue weighted by Crippen LogP contribution is 2.48. The summed E-state index contributed by atoms with van der Waals surface area (Å²) in [5, 5.41) is 2.81. The van der Waals surface area contributed by atoms with Crippen LogP contribution >= 0.6 is 0 Å². The zero-order valence-electron chi connectivity index (χ0n) is 12.2. The van der Waals surface area contributed by atoms with Crippen molar-refractivity contribution in [3.63, 3.8) is 0 Å². The number of nitrogens with one attached hydrogen (secondary N) is 1. The van der Waals surface area contributed by atoms with E-state index in [0.29, 0.717) is 12.3 Å². The van der Waals surface area contributed by atoms with E-state index in [1.807, 2.05) is 6.92 Å². The fourth-order valence-corrected chi connectivity index (χ4v) is 2.38. The van der Waals surface area contributed by atoms with Crippen LogP contribution in [0.3, 0.4) is 0 Å². The average molecular weight is 301 g/mol. The van der Waals surface area contributed by atoms with E-state index in [1.54, 1.807) is 12.1 Å². The number of carbonyl (C=O) groups excluding carboxylic acids is 1. The Morgan fingerprint density at radius 1 is 1.27 bits per heavy atom. The molecule has 1 amide bonds. The molecular formula is C16H16FN3O2. The Bertz CT molecular complexity index is 667. The third-order valence-corrected chi connectivity index (χ3v) is 3.74. The molecule has 1 aliphatic rings. The minimum absolute atomic E-state index is 0.119. The normalized spacial score (nSPS) is 15.2. The molecule has 1 saturated carbocycles. The Hall–Kier alpha value is -2.50. The first-order valence-corrected chi connectivity index (χ1v) is 7.16. The second-order valence-electron chi connectivity index (χ2n) is 5.23. The molecule has 3 rings (SSSR count). The molecule has 5 nitrogen and oxygen atoms in total. The van der Waals surface area contributed by atoms with E-state index in [2.05, 4.69) is 15.3 Å². The predicted molar refractivity (Wildman–Crippen MR) is 79.1 cm³/mol. The third-order valence-electron chi connectivity index (χ3n) is 3.74. The molecule has 0 unspecified atom stereocenters. The van der Waals surface area contributed by atoms with E-state index >= 15 is 0 Å². The van der Waals surface area contributed by atoms with E-state index in [4.69, 9.17) is 4.74 Å². The van der Waals surface area contributed by atoms with Crippen LogP contribution in [0.5, 0.6) is 6.01 Å². The van der Waals surface area contributed by atoms with Crippen molar-refractivity contribution >= 4 is 11.6 Å². The van der Waals surface area contributed by atoms with Gasteiger partial charge < -0.3 is 10.1 Å². The Kier molecular flexibility index (Phi) is 3.75. The van der Waals surface area contributed by atoms with Gasteiger partial charge >= 0.3 is 6.01 Å². The minimum Gasteiger partial charge on any atom is -0.464 e. The number of carbonyl (C=O) groups is 1. The summed E-state index contributed by atoms with van der Waals surface area (Å²) in [7, 11) is 0. The largest absolute Gasteiger partial charge is 0.464 e. The maximum Gasteiger partial charge on any atom is 0.316 e. The Balaban J connectivity index is 1.72. The lowest BCUT2D eigenvalue weighted by atomic mass is 9.95. The summed E-state index contributed by atoms with van der Waals surface area (Å²) >= 11 is 0. The van der Waals surface area contributed by atoms with Crippen molar-refractivity contribution in [3.8, 4) is 6.01 Å². The maximum atomic E-state index is 13.0. The number of rotatable bonds is 5. The quantitative estimate of drug-likeness (QED) is 0.922. The van der Waals surface area contributed by atoms with Crippen LogP contribution < -0.4 is 10.1 Å². The van der Waals surface area contributed by atoms with Gasteiger partial charge in [0, 0.05) is 0 Å². The number of halogens is 1. The summed E-state index contributed by atoms with van der Waals surface area (Å²) in [6, 6.07) is 6.36. The summed E-state index contributed by atoms with van der Waals surface area (Å²) in [5.41, 5.74) is 0.784. The lowest BCUT2D eigenvalue weighted by molar-refractivity contribution is -0.118. The number of anilines is 1. The van der Waals surface area contributed by atoms with Gasteiger partial charge in [0.05, 0.1) is 30.1 Å². The van der Waals surface area contributed by atoms with Gasteiger partial charge in [-0.15, -0.1) is 0 Å². The molecule has 1 N–H and O–H groups in total. The summed E-state index contributed by atoms with van der Waals surface area (Å²) in [5.74, 6) is -0.424. The van der Waals surface area contributed by atoms with E-state index in [9.17, 15) is 9.18 Å². The molecule has 0 radical (unpaired) electrons. The zero-order valence-corrected chi connectivity index (χ0v) is 12.2. The van der Waals surface area contributed by atoms with Gasteiger partial charge in [0.1, 0.15) is 5.82 Å². The van der Waals surface area contributed by atoms with Crippen molar-refractivity contribution < 1.29 is 13.9 Å². The highest BCUT2D eigenvalue weighted by atomic mass is 19.1. The van der Waals surface area contributed by atoms with E-state index in [-0.39, 0.29) is 17.7 Å². The van der Waals surface area contributed by atoms with E-state index < -0.39 is 5.41 Å². The average Bonchev–Trinajstić information content (AvgIpc) is 3.32. The summed E-state index contributed by atoms with van der Waals surface area (Å²) in [6.45, 7) is 2.33. The van der Waals surface area contributed by atoms with Crippen LogP contribution in [0.1, 0.15) is 25.3 Å². The van der Waals surface area contributed by atoms with Crippen molar-refractivity contribution in [1.29, 1.82) is 0 Å². The predicted octanol–water partition coefficient (Wildman–Crippen LogP) is 2.68. The van der Waals surface area contributed by atoms with Crippen LogP contribution in [0.4, 0.5) is 10.1 Å². The molecule has 114 valence electrons. The van der Waals surface area contributed by atoms with Crippen LogP contribution in [0.25, 0.3) is 0 Å². The summed E-state index contributed by atoms with van der Waals surface area (Å²) in [4.78, 5) is 20.5. The van der Waals surface area contributed by atoms with Gasteiger partial charge in [0.15, 0.2) is 0 Å². The minimum atomic E-state index is -0.563. The third kappa shape index (κ3) is 2.77. The summed E-state index contributed by atoms with van der Waals surface area (Å²) in [6.07, 6.45) is 4.53. The Morgan fingerprint density at radius 2 is 1.91 bits per heavy atom. The van der Waals surface area contributed by atoms with Crippen molar-refractivity contribution in [1.82, 2.24) is 9.97 Å². The second kappa shape index (κ2) is 5.71. The molecule has 1 aromatic carbocycles. The van der Waals surface area contributed by atoms with Crippen LogP contribution in [0.2, 0.25) is 0 Å². The van der Waals surface area contributed by atoms with Gasteiger partial charge in [-0.25, -0.2) is 14.4 Å². The molecule has 2 aromatic rings. The summed E-state index contributed by atoms with van der Waals surface area (Å²) < 4.78 is 18.2. The molecule has 1 heterocycles. The van der Waals surface area contributed by atoms with Crippen LogP contribution in [-0.4, -0.2) is 22.5 Å². The van der Waals surface area contributed by atoms with Crippen molar-refractivity contribution in [2.24, 2.45) is 0 Å². The Labute approximate surface area is 127 Å². The van der Waals surface area contributed by atoms with Gasteiger partial charge in [0.2, 0.25) is 5.91 Å². The number of hydrogen-bond donors (Lipinski definition) is 1. The SMILES string of the molecule is CCOc1ncc(NC(=O)C2(c3ccc(F)cc3)CC2)cn1. The smallest absolute Gasteiger partial charge is 0.316 e. The molecule has 0 bridgehead atoms. The molecule has 1 aliphatic carbocycles.